The van der Waals surface area contributed by atoms with E-state index in [0.717, 1.165) is 30.1 Å². The van der Waals surface area contributed by atoms with Crippen LogP contribution in [0.4, 0.5) is 0 Å². The van der Waals surface area contributed by atoms with Crippen LogP contribution < -0.4 is 0 Å². The summed E-state index contributed by atoms with van der Waals surface area (Å²) in [5.41, 5.74) is 2.27. The zero-order valence-corrected chi connectivity index (χ0v) is 19.5. The molecule has 0 amide bonds. The summed E-state index contributed by atoms with van der Waals surface area (Å²) in [5.74, 6) is 3.93. The van der Waals surface area contributed by atoms with E-state index in [1.807, 2.05) is 0 Å². The van der Waals surface area contributed by atoms with Crippen LogP contribution in [0.25, 0.3) is 16.2 Å². The predicted octanol–water partition coefficient (Wildman–Crippen LogP) is 5.69. The molecule has 0 aliphatic heterocycles. The first kappa shape index (κ1) is 23.4. The molecule has 0 saturated heterocycles. The first-order valence-electron chi connectivity index (χ1n) is 11.5. The fourth-order valence-corrected chi connectivity index (χ4v) is 5.32. The summed E-state index contributed by atoms with van der Waals surface area (Å²) in [6, 6.07) is 7.98. The normalized spacial score (nSPS) is 25.7. The smallest absolute Gasteiger partial charge is 0.259 e. The third-order valence-corrected chi connectivity index (χ3v) is 7.00. The van der Waals surface area contributed by atoms with E-state index in [1.54, 1.807) is 0 Å². The molecule has 1 aromatic carbocycles. The van der Waals surface area contributed by atoms with Crippen LogP contribution in [-0.2, 0) is 16.2 Å². The van der Waals surface area contributed by atoms with Gasteiger partial charge in [-0.05, 0) is 54.9 Å². The van der Waals surface area contributed by atoms with Gasteiger partial charge in [0.1, 0.15) is 5.82 Å². The van der Waals surface area contributed by atoms with Crippen molar-refractivity contribution >= 4 is 0 Å². The minimum absolute atomic E-state index is 0.0767. The molecule has 1 aromatic heterocycles. The van der Waals surface area contributed by atoms with Crippen molar-refractivity contribution in [3.63, 3.8) is 0 Å². The zero-order valence-electron chi connectivity index (χ0n) is 19.5. The van der Waals surface area contributed by atoms with Crippen LogP contribution in [0, 0.1) is 30.2 Å². The number of aromatic nitrogens is 3. The second kappa shape index (κ2) is 10.9. The molecule has 1 saturated carbocycles. The number of rotatable bonds is 9. The van der Waals surface area contributed by atoms with Crippen LogP contribution in [0.15, 0.2) is 24.3 Å². The van der Waals surface area contributed by atoms with Gasteiger partial charge < -0.3 is 4.85 Å². The van der Waals surface area contributed by atoms with Crippen LogP contribution in [0.5, 0.6) is 0 Å². The summed E-state index contributed by atoms with van der Waals surface area (Å²) in [4.78, 5) is 18.7. The van der Waals surface area contributed by atoms with E-state index < -0.39 is 0 Å². The third kappa shape index (κ3) is 5.72. The van der Waals surface area contributed by atoms with Crippen molar-refractivity contribution in [2.24, 2.45) is 23.7 Å². The van der Waals surface area contributed by atoms with Gasteiger partial charge in [-0.25, -0.2) is 21.3 Å². The molecule has 31 heavy (non-hydrogen) atoms. The second-order valence-corrected chi connectivity index (χ2v) is 9.28. The van der Waals surface area contributed by atoms with Crippen LogP contribution >= 0.6 is 0 Å². The maximum absolute atomic E-state index is 7.81. The molecule has 168 valence electrons. The highest BCUT2D eigenvalue weighted by atomic mass is 17.2. The molecule has 1 fully saturated rings. The molecule has 2 aromatic rings. The number of nitrogens with one attached hydrogen (secondary N) is 1. The fraction of sp³-hybridized carbons (Fsp3) is 0.640. The summed E-state index contributed by atoms with van der Waals surface area (Å²) in [6.07, 6.45) is 4.39. The first-order valence-corrected chi connectivity index (χ1v) is 11.5. The van der Waals surface area contributed by atoms with Crippen molar-refractivity contribution in [2.75, 3.05) is 13.7 Å². The second-order valence-electron chi connectivity index (χ2n) is 9.28. The molecule has 0 radical (unpaired) electrons. The van der Waals surface area contributed by atoms with E-state index in [4.69, 9.17) is 21.3 Å². The van der Waals surface area contributed by atoms with Crippen LogP contribution in [0.3, 0.4) is 0 Å². The molecule has 1 N–H and O–H groups in total. The molecule has 1 heterocycles. The van der Waals surface area contributed by atoms with Gasteiger partial charge in [-0.15, -0.1) is 0 Å². The fourth-order valence-electron chi connectivity index (χ4n) is 5.32. The molecular weight excluding hydrogens is 388 g/mol. The van der Waals surface area contributed by atoms with Crippen LogP contribution in [-0.4, -0.2) is 34.9 Å². The van der Waals surface area contributed by atoms with E-state index in [0.29, 0.717) is 23.6 Å². The molecule has 0 bridgehead atoms. The largest absolute Gasteiger partial charge is 0.310 e. The van der Waals surface area contributed by atoms with Gasteiger partial charge in [-0.2, -0.15) is 5.10 Å². The van der Waals surface area contributed by atoms with E-state index in [2.05, 4.69) is 67.0 Å². The first-order chi connectivity index (χ1) is 15.0. The molecule has 6 heteroatoms. The van der Waals surface area contributed by atoms with Crippen molar-refractivity contribution in [1.82, 2.24) is 15.2 Å². The minimum atomic E-state index is -0.373. The molecular formula is C25H36N4O2. The van der Waals surface area contributed by atoms with E-state index in [9.17, 15) is 0 Å². The van der Waals surface area contributed by atoms with Crippen molar-refractivity contribution in [3.05, 3.63) is 47.1 Å². The molecule has 3 rings (SSSR count). The van der Waals surface area contributed by atoms with Gasteiger partial charge in [0.15, 0.2) is 12.4 Å². The van der Waals surface area contributed by atoms with Gasteiger partial charge in [-0.1, -0.05) is 52.0 Å². The zero-order chi connectivity index (χ0) is 22.4. The molecule has 0 spiro atoms. The van der Waals surface area contributed by atoms with Gasteiger partial charge in [0, 0.05) is 5.56 Å². The minimum Gasteiger partial charge on any atom is -0.310 e. The van der Waals surface area contributed by atoms with Gasteiger partial charge in [-0.3, -0.25) is 5.10 Å². The van der Waals surface area contributed by atoms with Crippen molar-refractivity contribution in [3.8, 4) is 11.4 Å². The summed E-state index contributed by atoms with van der Waals surface area (Å²) >= 11 is 0. The van der Waals surface area contributed by atoms with E-state index in [1.165, 1.54) is 25.5 Å². The third-order valence-electron chi connectivity index (χ3n) is 7.00. The Kier molecular flexibility index (Phi) is 8.22. The summed E-state index contributed by atoms with van der Waals surface area (Å²) in [5, 5.41) is 7.64. The number of aryl methyl sites for hydroxylation is 1. The monoisotopic (exact) mass is 424 g/mol. The highest BCUT2D eigenvalue weighted by Crippen LogP contribution is 2.43. The molecule has 1 aliphatic carbocycles. The Bertz CT molecular complexity index is 845. The number of H-pyrrole nitrogens is 1. The Morgan fingerprint density at radius 2 is 1.84 bits per heavy atom. The van der Waals surface area contributed by atoms with Crippen molar-refractivity contribution < 1.29 is 9.78 Å². The average Bonchev–Trinajstić information content (AvgIpc) is 3.25. The summed E-state index contributed by atoms with van der Waals surface area (Å²) in [7, 11) is 1.48. The van der Waals surface area contributed by atoms with Gasteiger partial charge in [0.2, 0.25) is 0 Å². The summed E-state index contributed by atoms with van der Waals surface area (Å²) < 4.78 is 0. The van der Waals surface area contributed by atoms with E-state index >= 15 is 0 Å². The quantitative estimate of drug-likeness (QED) is 0.319. The molecule has 4 unspecified atom stereocenters. The maximum Gasteiger partial charge on any atom is 0.259 e. The highest BCUT2D eigenvalue weighted by molar-refractivity contribution is 5.55. The Morgan fingerprint density at radius 1 is 1.16 bits per heavy atom. The van der Waals surface area contributed by atoms with Crippen molar-refractivity contribution in [1.29, 1.82) is 0 Å². The number of aromatic amines is 1. The number of benzene rings is 1. The Balaban J connectivity index is 1.87. The Morgan fingerprint density at radius 3 is 2.42 bits per heavy atom. The number of hydrogen-bond donors (Lipinski definition) is 1. The lowest BCUT2D eigenvalue weighted by Gasteiger charge is -2.39. The lowest BCUT2D eigenvalue weighted by Crippen LogP contribution is -2.33. The van der Waals surface area contributed by atoms with Gasteiger partial charge >= 0.3 is 0 Å². The topological polar surface area (TPSA) is 64.4 Å². The standard InChI is InChI=1S/C25H36N4O2/c1-7-19-8-10-20(11-9-19)24-27-25(29-28-24)22(23(26-5)15-31-30-6)14-21-17(3)12-16(2)13-18(21)4/h8-11,16-18,21-23H,7,12-15H2,1-4,6H3,(H,27,28,29). The average molecular weight is 425 g/mol. The lowest BCUT2D eigenvalue weighted by atomic mass is 9.66. The number of hydrogen-bond acceptors (Lipinski definition) is 4. The van der Waals surface area contributed by atoms with Gasteiger partial charge in [0.25, 0.3) is 6.04 Å². The Hall–Kier alpha value is -2.23. The predicted molar refractivity (Wildman–Crippen MR) is 122 cm³/mol. The Labute approximate surface area is 186 Å². The maximum atomic E-state index is 7.81. The van der Waals surface area contributed by atoms with Crippen molar-refractivity contribution in [2.45, 2.75) is 65.3 Å². The lowest BCUT2D eigenvalue weighted by molar-refractivity contribution is -0.274. The van der Waals surface area contributed by atoms with Crippen LogP contribution in [0.2, 0.25) is 0 Å². The van der Waals surface area contributed by atoms with Crippen LogP contribution in [0.1, 0.15) is 64.3 Å². The molecule has 1 aliphatic rings. The SMILES string of the molecule is [C-]#[N+]C(COOC)C(CC1C(C)CC(C)CC1C)c1nc(-c2ccc(CC)cc2)n[nH]1. The number of nitrogens with zero attached hydrogens (tertiary/aromatic N) is 3. The highest BCUT2D eigenvalue weighted by Gasteiger charge is 2.39. The van der Waals surface area contributed by atoms with E-state index in [-0.39, 0.29) is 18.6 Å². The summed E-state index contributed by atoms with van der Waals surface area (Å²) in [6.45, 7) is 17.2. The van der Waals surface area contributed by atoms with Gasteiger partial charge in [0.05, 0.1) is 13.0 Å². The molecule has 6 nitrogen and oxygen atoms in total. The molecule has 4 atom stereocenters.